The van der Waals surface area contributed by atoms with Crippen LogP contribution in [0.4, 0.5) is 16.0 Å². The Hall–Kier alpha value is -3.97. The Bertz CT molecular complexity index is 1360. The van der Waals surface area contributed by atoms with Crippen LogP contribution in [0.3, 0.4) is 0 Å². The predicted octanol–water partition coefficient (Wildman–Crippen LogP) is 4.36. The molecule has 0 bridgehead atoms. The highest BCUT2D eigenvalue weighted by Gasteiger charge is 2.22. The monoisotopic (exact) mass is 457 g/mol. The van der Waals surface area contributed by atoms with Gasteiger partial charge < -0.3 is 9.32 Å². The van der Waals surface area contributed by atoms with Crippen molar-refractivity contribution in [3.05, 3.63) is 94.9 Å². The smallest absolute Gasteiger partial charge is 0.240 e. The predicted molar refractivity (Wildman–Crippen MR) is 132 cm³/mol. The van der Waals surface area contributed by atoms with Crippen molar-refractivity contribution in [3.8, 4) is 11.1 Å². The molecule has 1 aliphatic rings. The number of hydrogen-bond acceptors (Lipinski definition) is 5. The number of anilines is 2. The molecule has 0 saturated carbocycles. The van der Waals surface area contributed by atoms with E-state index < -0.39 is 5.82 Å². The van der Waals surface area contributed by atoms with Crippen molar-refractivity contribution < 1.29 is 13.6 Å². The zero-order chi connectivity index (χ0) is 23.5. The number of nitrogens with one attached hydrogen (secondary N) is 1. The Labute approximate surface area is 196 Å². The fourth-order valence-corrected chi connectivity index (χ4v) is 4.28. The lowest BCUT2D eigenvalue weighted by Gasteiger charge is -2.35. The minimum Gasteiger partial charge on any atom is -0.439 e. The standard InChI is InChI=1S/C27H24FN3O3/c28-20-12-10-19(11-13-20)25-26(33)22-8-4-5-9-23(22)34-27(25)29-24(32)18-30-14-16-31(17-15-30)21-6-2-1-3-7-21/h1-13H,14-18H2,(H,29,32). The summed E-state index contributed by atoms with van der Waals surface area (Å²) in [5, 5.41) is 3.19. The fourth-order valence-electron chi connectivity index (χ4n) is 4.28. The number of rotatable bonds is 5. The zero-order valence-corrected chi connectivity index (χ0v) is 18.5. The van der Waals surface area contributed by atoms with Crippen LogP contribution < -0.4 is 15.6 Å². The molecule has 1 saturated heterocycles. The highest BCUT2D eigenvalue weighted by atomic mass is 19.1. The molecule has 0 spiro atoms. The molecule has 4 aromatic rings. The number of hydrogen-bond donors (Lipinski definition) is 1. The van der Waals surface area contributed by atoms with Gasteiger partial charge in [0.05, 0.1) is 17.5 Å². The normalized spacial score (nSPS) is 14.3. The van der Waals surface area contributed by atoms with Crippen molar-refractivity contribution in [2.24, 2.45) is 0 Å². The molecule has 1 N–H and O–H groups in total. The topological polar surface area (TPSA) is 65.8 Å². The third-order valence-corrected chi connectivity index (χ3v) is 6.04. The summed E-state index contributed by atoms with van der Waals surface area (Å²) >= 11 is 0. The second-order valence-electron chi connectivity index (χ2n) is 8.29. The molecule has 0 unspecified atom stereocenters. The van der Waals surface area contributed by atoms with Crippen LogP contribution in [0.25, 0.3) is 22.1 Å². The number of carbonyl (C=O) groups excluding carboxylic acids is 1. The molecule has 3 aromatic carbocycles. The van der Waals surface area contributed by atoms with E-state index >= 15 is 0 Å². The molecule has 1 aliphatic heterocycles. The first-order valence-corrected chi connectivity index (χ1v) is 11.2. The Balaban J connectivity index is 1.35. The first-order chi connectivity index (χ1) is 16.6. The number of carbonyl (C=O) groups is 1. The third kappa shape index (κ3) is 4.56. The van der Waals surface area contributed by atoms with Gasteiger partial charge in [-0.3, -0.25) is 19.8 Å². The summed E-state index contributed by atoms with van der Waals surface area (Å²) in [4.78, 5) is 30.6. The lowest BCUT2D eigenvalue weighted by molar-refractivity contribution is -0.117. The maximum Gasteiger partial charge on any atom is 0.240 e. The maximum atomic E-state index is 13.5. The Morgan fingerprint density at radius 3 is 2.29 bits per heavy atom. The highest BCUT2D eigenvalue weighted by molar-refractivity contribution is 5.97. The molecular weight excluding hydrogens is 433 g/mol. The first-order valence-electron chi connectivity index (χ1n) is 11.2. The van der Waals surface area contributed by atoms with Gasteiger partial charge in [-0.15, -0.1) is 0 Å². The molecule has 172 valence electrons. The van der Waals surface area contributed by atoms with E-state index in [1.165, 1.54) is 30.0 Å². The average molecular weight is 458 g/mol. The van der Waals surface area contributed by atoms with Crippen molar-refractivity contribution in [1.82, 2.24) is 4.90 Å². The highest BCUT2D eigenvalue weighted by Crippen LogP contribution is 2.29. The summed E-state index contributed by atoms with van der Waals surface area (Å²) in [6, 6.07) is 22.7. The zero-order valence-electron chi connectivity index (χ0n) is 18.5. The second-order valence-corrected chi connectivity index (χ2v) is 8.29. The first kappa shape index (κ1) is 21.9. The largest absolute Gasteiger partial charge is 0.439 e. The molecule has 6 nitrogen and oxygen atoms in total. The average Bonchev–Trinajstić information content (AvgIpc) is 2.86. The molecule has 2 heterocycles. The number of fused-ring (bicyclic) bond motifs is 1. The second kappa shape index (κ2) is 9.49. The van der Waals surface area contributed by atoms with E-state index in [2.05, 4.69) is 27.2 Å². The van der Waals surface area contributed by atoms with E-state index in [9.17, 15) is 14.0 Å². The maximum absolute atomic E-state index is 13.5. The summed E-state index contributed by atoms with van der Waals surface area (Å²) in [5.41, 5.74) is 1.97. The molecule has 1 amide bonds. The van der Waals surface area contributed by atoms with Gasteiger partial charge in [-0.05, 0) is 42.0 Å². The molecule has 1 aromatic heterocycles. The lowest BCUT2D eigenvalue weighted by atomic mass is 10.0. The van der Waals surface area contributed by atoms with Gasteiger partial charge in [0, 0.05) is 31.9 Å². The molecule has 34 heavy (non-hydrogen) atoms. The number of piperazine rings is 1. The Morgan fingerprint density at radius 1 is 0.882 bits per heavy atom. The van der Waals surface area contributed by atoms with Crippen LogP contribution in [0.1, 0.15) is 0 Å². The van der Waals surface area contributed by atoms with E-state index in [1.54, 1.807) is 24.3 Å². The van der Waals surface area contributed by atoms with Crippen molar-refractivity contribution in [1.29, 1.82) is 0 Å². The van der Waals surface area contributed by atoms with Gasteiger partial charge >= 0.3 is 0 Å². The molecule has 1 fully saturated rings. The van der Waals surface area contributed by atoms with Crippen LogP contribution in [0, 0.1) is 5.82 Å². The van der Waals surface area contributed by atoms with Gasteiger partial charge in [0.25, 0.3) is 0 Å². The van der Waals surface area contributed by atoms with Crippen LogP contribution in [0.15, 0.2) is 88.1 Å². The van der Waals surface area contributed by atoms with E-state index in [0.717, 1.165) is 26.2 Å². The molecule has 0 atom stereocenters. The van der Waals surface area contributed by atoms with Crippen LogP contribution in [-0.4, -0.2) is 43.5 Å². The van der Waals surface area contributed by atoms with Crippen molar-refractivity contribution in [2.75, 3.05) is 42.9 Å². The summed E-state index contributed by atoms with van der Waals surface area (Å²) in [7, 11) is 0. The quantitative estimate of drug-likeness (QED) is 0.483. The van der Waals surface area contributed by atoms with Crippen LogP contribution in [-0.2, 0) is 4.79 Å². The molecule has 0 aliphatic carbocycles. The fraction of sp³-hybridized carbons (Fsp3) is 0.185. The van der Waals surface area contributed by atoms with Crippen molar-refractivity contribution >= 4 is 28.4 Å². The minimum absolute atomic E-state index is 0.0724. The number of para-hydroxylation sites is 2. The van der Waals surface area contributed by atoms with Gasteiger partial charge in [-0.2, -0.15) is 0 Å². The Kier molecular flexibility index (Phi) is 6.10. The van der Waals surface area contributed by atoms with E-state index in [4.69, 9.17) is 4.42 Å². The van der Waals surface area contributed by atoms with Crippen LogP contribution in [0.2, 0.25) is 0 Å². The van der Waals surface area contributed by atoms with E-state index in [-0.39, 0.29) is 29.3 Å². The van der Waals surface area contributed by atoms with E-state index in [0.29, 0.717) is 16.5 Å². The number of nitrogens with zero attached hydrogens (tertiary/aromatic N) is 2. The summed E-state index contributed by atoms with van der Waals surface area (Å²) < 4.78 is 19.4. The van der Waals surface area contributed by atoms with Crippen LogP contribution >= 0.6 is 0 Å². The summed E-state index contributed by atoms with van der Waals surface area (Å²) in [5.74, 6) is -0.604. The van der Waals surface area contributed by atoms with Crippen molar-refractivity contribution in [2.45, 2.75) is 0 Å². The Morgan fingerprint density at radius 2 is 1.56 bits per heavy atom. The SMILES string of the molecule is O=C(CN1CCN(c2ccccc2)CC1)Nc1oc2ccccc2c(=O)c1-c1ccc(F)cc1. The minimum atomic E-state index is -0.408. The van der Waals surface area contributed by atoms with E-state index in [1.807, 2.05) is 18.2 Å². The lowest BCUT2D eigenvalue weighted by Crippen LogP contribution is -2.48. The third-order valence-electron chi connectivity index (χ3n) is 6.04. The molecule has 0 radical (unpaired) electrons. The van der Waals surface area contributed by atoms with Crippen LogP contribution in [0.5, 0.6) is 0 Å². The summed E-state index contributed by atoms with van der Waals surface area (Å²) in [6.45, 7) is 3.32. The molecule has 7 heteroatoms. The van der Waals surface area contributed by atoms with Gasteiger partial charge in [-0.1, -0.05) is 42.5 Å². The van der Waals surface area contributed by atoms with Gasteiger partial charge in [-0.25, -0.2) is 4.39 Å². The van der Waals surface area contributed by atoms with Gasteiger partial charge in [0.2, 0.25) is 17.2 Å². The molecular formula is C27H24FN3O3. The number of amides is 1. The van der Waals surface area contributed by atoms with Gasteiger partial charge in [0.1, 0.15) is 11.4 Å². The van der Waals surface area contributed by atoms with Gasteiger partial charge in [0.15, 0.2) is 0 Å². The number of benzene rings is 3. The molecule has 5 rings (SSSR count). The number of halogens is 1. The van der Waals surface area contributed by atoms with Crippen molar-refractivity contribution in [3.63, 3.8) is 0 Å². The summed E-state index contributed by atoms with van der Waals surface area (Å²) in [6.07, 6.45) is 0.